The number of aliphatic hydroxyl groups excluding tert-OH is 1. The zero-order valence-corrected chi connectivity index (χ0v) is 11.7. The van der Waals surface area contributed by atoms with Gasteiger partial charge >= 0.3 is 0 Å². The molecular formula is C16H21NO3. The van der Waals surface area contributed by atoms with Crippen molar-refractivity contribution >= 4 is 5.91 Å². The van der Waals surface area contributed by atoms with Crippen LogP contribution in [0.25, 0.3) is 0 Å². The fraction of sp³-hybridized carbons (Fsp3) is 0.562. The van der Waals surface area contributed by atoms with Crippen molar-refractivity contribution < 1.29 is 14.6 Å². The molecule has 1 aliphatic carbocycles. The maximum atomic E-state index is 12.6. The summed E-state index contributed by atoms with van der Waals surface area (Å²) in [6.07, 6.45) is 4.65. The van der Waals surface area contributed by atoms with Gasteiger partial charge in [0.05, 0.1) is 25.9 Å². The fourth-order valence-corrected chi connectivity index (χ4v) is 3.11. The highest BCUT2D eigenvalue weighted by Gasteiger charge is 2.27. The number of nitrogens with zero attached hydrogens (tertiary/aromatic N) is 1. The molecule has 1 unspecified atom stereocenters. The summed E-state index contributed by atoms with van der Waals surface area (Å²) in [6.45, 7) is 1.48. The molecular weight excluding hydrogens is 254 g/mol. The Balaban J connectivity index is 1.82. The molecule has 0 aromatic heterocycles. The Kier molecular flexibility index (Phi) is 4.03. The van der Waals surface area contributed by atoms with E-state index < -0.39 is 0 Å². The zero-order valence-electron chi connectivity index (χ0n) is 11.7. The van der Waals surface area contributed by atoms with Crippen molar-refractivity contribution in [2.45, 2.75) is 31.7 Å². The number of hydrogen-bond donors (Lipinski definition) is 1. The van der Waals surface area contributed by atoms with E-state index >= 15 is 0 Å². The summed E-state index contributed by atoms with van der Waals surface area (Å²) in [6, 6.07) is 5.85. The summed E-state index contributed by atoms with van der Waals surface area (Å²) in [4.78, 5) is 14.4. The van der Waals surface area contributed by atoms with E-state index in [0.29, 0.717) is 19.8 Å². The SMILES string of the molecule is O=C(c1ccc2c(c1)CCCC2)N1CCOCC1CO. The Morgan fingerprint density at radius 2 is 2.10 bits per heavy atom. The molecule has 1 aliphatic heterocycles. The van der Waals surface area contributed by atoms with E-state index in [1.165, 1.54) is 24.0 Å². The topological polar surface area (TPSA) is 49.8 Å². The van der Waals surface area contributed by atoms with E-state index in [1.807, 2.05) is 12.1 Å². The summed E-state index contributed by atoms with van der Waals surface area (Å²) >= 11 is 0. The first-order valence-corrected chi connectivity index (χ1v) is 7.41. The van der Waals surface area contributed by atoms with Gasteiger partial charge in [0.25, 0.3) is 5.91 Å². The predicted molar refractivity (Wildman–Crippen MR) is 75.8 cm³/mol. The fourth-order valence-electron chi connectivity index (χ4n) is 3.11. The van der Waals surface area contributed by atoms with Crippen LogP contribution in [0.3, 0.4) is 0 Å². The van der Waals surface area contributed by atoms with E-state index in [0.717, 1.165) is 18.4 Å². The summed E-state index contributed by atoms with van der Waals surface area (Å²) in [5, 5.41) is 9.38. The molecule has 1 aromatic carbocycles. The minimum Gasteiger partial charge on any atom is -0.394 e. The van der Waals surface area contributed by atoms with E-state index in [-0.39, 0.29) is 18.6 Å². The van der Waals surface area contributed by atoms with Gasteiger partial charge in [-0.2, -0.15) is 0 Å². The zero-order chi connectivity index (χ0) is 13.9. The summed E-state index contributed by atoms with van der Waals surface area (Å²) in [7, 11) is 0. The number of aryl methyl sites for hydroxylation is 2. The van der Waals surface area contributed by atoms with Crippen molar-refractivity contribution in [2.24, 2.45) is 0 Å². The average Bonchev–Trinajstić information content (AvgIpc) is 2.53. The van der Waals surface area contributed by atoms with Crippen LogP contribution in [0.5, 0.6) is 0 Å². The second-order valence-electron chi connectivity index (χ2n) is 5.60. The predicted octanol–water partition coefficient (Wildman–Crippen LogP) is 1.40. The Morgan fingerprint density at radius 1 is 1.30 bits per heavy atom. The molecule has 0 radical (unpaired) electrons. The molecule has 1 saturated heterocycles. The Labute approximate surface area is 119 Å². The molecule has 1 fully saturated rings. The highest BCUT2D eigenvalue weighted by Crippen LogP contribution is 2.23. The van der Waals surface area contributed by atoms with Crippen LogP contribution in [0, 0.1) is 0 Å². The molecule has 1 N–H and O–H groups in total. The van der Waals surface area contributed by atoms with Crippen molar-refractivity contribution in [2.75, 3.05) is 26.4 Å². The Morgan fingerprint density at radius 3 is 2.90 bits per heavy atom. The van der Waals surface area contributed by atoms with Crippen LogP contribution in [-0.4, -0.2) is 48.3 Å². The van der Waals surface area contributed by atoms with Gasteiger partial charge in [0, 0.05) is 12.1 Å². The maximum Gasteiger partial charge on any atom is 0.254 e. The van der Waals surface area contributed by atoms with Crippen molar-refractivity contribution in [3.8, 4) is 0 Å². The lowest BCUT2D eigenvalue weighted by molar-refractivity contribution is -0.0184. The summed E-state index contributed by atoms with van der Waals surface area (Å²) < 4.78 is 5.33. The average molecular weight is 275 g/mol. The number of rotatable bonds is 2. The van der Waals surface area contributed by atoms with E-state index in [2.05, 4.69) is 6.07 Å². The largest absolute Gasteiger partial charge is 0.394 e. The number of benzene rings is 1. The third-order valence-electron chi connectivity index (χ3n) is 4.29. The van der Waals surface area contributed by atoms with Crippen molar-refractivity contribution in [3.63, 3.8) is 0 Å². The van der Waals surface area contributed by atoms with Crippen molar-refractivity contribution in [1.29, 1.82) is 0 Å². The normalized spacial score (nSPS) is 22.4. The maximum absolute atomic E-state index is 12.6. The lowest BCUT2D eigenvalue weighted by atomic mass is 9.90. The van der Waals surface area contributed by atoms with Gasteiger partial charge in [0.15, 0.2) is 0 Å². The minimum atomic E-state index is -0.215. The van der Waals surface area contributed by atoms with Gasteiger partial charge in [-0.1, -0.05) is 6.07 Å². The van der Waals surface area contributed by atoms with Crippen LogP contribution in [0.15, 0.2) is 18.2 Å². The van der Waals surface area contributed by atoms with E-state index in [9.17, 15) is 9.90 Å². The first-order chi connectivity index (χ1) is 9.79. The monoisotopic (exact) mass is 275 g/mol. The number of hydrogen-bond acceptors (Lipinski definition) is 3. The number of carbonyl (C=O) groups excluding carboxylic acids is 1. The molecule has 20 heavy (non-hydrogen) atoms. The van der Waals surface area contributed by atoms with Crippen LogP contribution in [-0.2, 0) is 17.6 Å². The molecule has 4 heteroatoms. The Hall–Kier alpha value is -1.39. The third-order valence-corrected chi connectivity index (χ3v) is 4.29. The molecule has 108 valence electrons. The molecule has 1 atom stereocenters. The van der Waals surface area contributed by atoms with Gasteiger partial charge in [0.2, 0.25) is 0 Å². The second-order valence-corrected chi connectivity index (χ2v) is 5.60. The van der Waals surface area contributed by atoms with Gasteiger partial charge in [0.1, 0.15) is 0 Å². The van der Waals surface area contributed by atoms with Crippen LogP contribution >= 0.6 is 0 Å². The standard InChI is InChI=1S/C16H21NO3/c18-10-15-11-20-8-7-17(15)16(19)14-6-5-12-3-1-2-4-13(12)9-14/h5-6,9,15,18H,1-4,7-8,10-11H2. The summed E-state index contributed by atoms with van der Waals surface area (Å²) in [5.74, 6) is 0.0146. The van der Waals surface area contributed by atoms with Gasteiger partial charge in [-0.3, -0.25) is 4.79 Å². The Bertz CT molecular complexity index is 500. The highest BCUT2D eigenvalue weighted by atomic mass is 16.5. The van der Waals surface area contributed by atoms with Gasteiger partial charge in [-0.25, -0.2) is 0 Å². The smallest absolute Gasteiger partial charge is 0.254 e. The number of fused-ring (bicyclic) bond motifs is 1. The van der Waals surface area contributed by atoms with E-state index in [4.69, 9.17) is 4.74 Å². The van der Waals surface area contributed by atoms with Crippen LogP contribution in [0.4, 0.5) is 0 Å². The van der Waals surface area contributed by atoms with E-state index in [1.54, 1.807) is 4.90 Å². The number of amides is 1. The molecule has 3 rings (SSSR count). The molecule has 0 saturated carbocycles. The molecule has 0 bridgehead atoms. The minimum absolute atomic E-state index is 0.0146. The highest BCUT2D eigenvalue weighted by molar-refractivity contribution is 5.94. The first-order valence-electron chi connectivity index (χ1n) is 7.41. The van der Waals surface area contributed by atoms with Crippen molar-refractivity contribution in [1.82, 2.24) is 4.90 Å². The lowest BCUT2D eigenvalue weighted by Crippen LogP contribution is -2.50. The van der Waals surface area contributed by atoms with Gasteiger partial charge in [-0.15, -0.1) is 0 Å². The number of carbonyl (C=O) groups is 1. The quantitative estimate of drug-likeness (QED) is 0.887. The molecule has 1 amide bonds. The summed E-state index contributed by atoms with van der Waals surface area (Å²) in [5.41, 5.74) is 3.44. The van der Waals surface area contributed by atoms with Crippen LogP contribution < -0.4 is 0 Å². The first kappa shape index (κ1) is 13.6. The molecule has 4 nitrogen and oxygen atoms in total. The van der Waals surface area contributed by atoms with Crippen LogP contribution in [0.1, 0.15) is 34.3 Å². The molecule has 0 spiro atoms. The van der Waals surface area contributed by atoms with Gasteiger partial charge < -0.3 is 14.7 Å². The van der Waals surface area contributed by atoms with Gasteiger partial charge in [-0.05, 0) is 48.9 Å². The number of aliphatic hydroxyl groups is 1. The molecule has 1 aromatic rings. The molecule has 2 aliphatic rings. The second kappa shape index (κ2) is 5.94. The number of morpholine rings is 1. The van der Waals surface area contributed by atoms with Crippen LogP contribution in [0.2, 0.25) is 0 Å². The lowest BCUT2D eigenvalue weighted by Gasteiger charge is -2.34. The number of ether oxygens (including phenoxy) is 1. The van der Waals surface area contributed by atoms with Crippen molar-refractivity contribution in [3.05, 3.63) is 34.9 Å². The third kappa shape index (κ3) is 2.58. The molecule has 1 heterocycles.